The number of hydrogen-bond donors (Lipinski definition) is 2. The SMILES string of the molecule is O=C(O)c1cccc(NC(=O)c2cccc(N3C(=O)[C@@H]4[C@H]5CC[C@@H](C5)[C@@H]4C3=O)c2)c1. The highest BCUT2D eigenvalue weighted by molar-refractivity contribution is 6.23. The number of carboxylic acid groups (broad SMARTS) is 1. The molecule has 2 saturated carbocycles. The third-order valence-electron chi connectivity index (χ3n) is 6.66. The van der Waals surface area contributed by atoms with Crippen LogP contribution in [0.2, 0.25) is 0 Å². The Labute approximate surface area is 172 Å². The van der Waals surface area contributed by atoms with Gasteiger partial charge in [-0.15, -0.1) is 0 Å². The van der Waals surface area contributed by atoms with Gasteiger partial charge >= 0.3 is 5.97 Å². The fraction of sp³-hybridized carbons (Fsp3) is 0.304. The van der Waals surface area contributed by atoms with Crippen LogP contribution in [-0.4, -0.2) is 28.8 Å². The average molecular weight is 404 g/mol. The maximum atomic E-state index is 13.0. The van der Waals surface area contributed by atoms with E-state index in [-0.39, 0.29) is 34.8 Å². The molecular weight excluding hydrogens is 384 g/mol. The number of imide groups is 1. The lowest BCUT2D eigenvalue weighted by molar-refractivity contribution is -0.123. The van der Waals surface area contributed by atoms with Gasteiger partial charge < -0.3 is 10.4 Å². The van der Waals surface area contributed by atoms with Gasteiger partial charge in [-0.3, -0.25) is 19.3 Å². The van der Waals surface area contributed by atoms with Crippen molar-refractivity contribution in [3.63, 3.8) is 0 Å². The highest BCUT2D eigenvalue weighted by Crippen LogP contribution is 2.56. The van der Waals surface area contributed by atoms with Gasteiger partial charge in [-0.1, -0.05) is 12.1 Å². The van der Waals surface area contributed by atoms with Crippen molar-refractivity contribution < 1.29 is 24.3 Å². The van der Waals surface area contributed by atoms with Gasteiger partial charge in [0.05, 0.1) is 23.1 Å². The molecule has 0 unspecified atom stereocenters. The summed E-state index contributed by atoms with van der Waals surface area (Å²) < 4.78 is 0. The Balaban J connectivity index is 1.39. The van der Waals surface area contributed by atoms with E-state index in [2.05, 4.69) is 5.32 Å². The van der Waals surface area contributed by atoms with Crippen molar-refractivity contribution in [2.24, 2.45) is 23.7 Å². The number of amides is 3. The summed E-state index contributed by atoms with van der Waals surface area (Å²) >= 11 is 0. The summed E-state index contributed by atoms with van der Waals surface area (Å²) in [6.45, 7) is 0. The number of nitrogens with zero attached hydrogens (tertiary/aromatic N) is 1. The molecule has 5 rings (SSSR count). The molecule has 152 valence electrons. The van der Waals surface area contributed by atoms with E-state index in [4.69, 9.17) is 5.11 Å². The first-order valence-corrected chi connectivity index (χ1v) is 10.1. The first-order valence-electron chi connectivity index (χ1n) is 10.1. The summed E-state index contributed by atoms with van der Waals surface area (Å²) in [4.78, 5) is 51.1. The van der Waals surface area contributed by atoms with Crippen molar-refractivity contribution in [1.82, 2.24) is 0 Å². The molecule has 1 saturated heterocycles. The minimum atomic E-state index is -1.08. The first-order chi connectivity index (χ1) is 14.4. The van der Waals surface area contributed by atoms with Crippen molar-refractivity contribution in [2.45, 2.75) is 19.3 Å². The van der Waals surface area contributed by atoms with E-state index in [1.54, 1.807) is 30.3 Å². The lowest BCUT2D eigenvalue weighted by Crippen LogP contribution is -2.33. The Hall–Kier alpha value is -3.48. The number of nitrogens with one attached hydrogen (secondary N) is 1. The Bertz CT molecular complexity index is 1070. The van der Waals surface area contributed by atoms with E-state index in [1.165, 1.54) is 23.1 Å². The summed E-state index contributed by atoms with van der Waals surface area (Å²) in [6.07, 6.45) is 2.99. The van der Waals surface area contributed by atoms with Crippen molar-refractivity contribution in [1.29, 1.82) is 0 Å². The van der Waals surface area contributed by atoms with E-state index in [1.807, 2.05) is 0 Å². The number of fused-ring (bicyclic) bond motifs is 5. The molecule has 2 bridgehead atoms. The summed E-state index contributed by atoms with van der Waals surface area (Å²) in [5, 5.41) is 11.8. The standard InChI is InChI=1S/C23H20N2O5/c26-20(24-16-5-1-4-15(10-16)23(29)30)14-3-2-6-17(11-14)25-21(27)18-12-7-8-13(9-12)19(18)22(25)28/h1-6,10-13,18-19H,7-9H2,(H,24,26)(H,29,30)/t12-,13-,18-,19+/m0/s1. The molecule has 3 aliphatic rings. The predicted molar refractivity (Wildman–Crippen MR) is 108 cm³/mol. The molecule has 2 aromatic rings. The second kappa shape index (κ2) is 6.79. The molecule has 2 aromatic carbocycles. The minimum Gasteiger partial charge on any atom is -0.478 e. The van der Waals surface area contributed by atoms with Crippen LogP contribution in [0.15, 0.2) is 48.5 Å². The van der Waals surface area contributed by atoms with E-state index in [0.717, 1.165) is 19.3 Å². The van der Waals surface area contributed by atoms with Crippen molar-refractivity contribution in [3.05, 3.63) is 59.7 Å². The van der Waals surface area contributed by atoms with Crippen LogP contribution < -0.4 is 10.2 Å². The zero-order chi connectivity index (χ0) is 21.0. The molecule has 0 spiro atoms. The number of aromatic carboxylic acids is 1. The Kier molecular flexibility index (Phi) is 4.20. The van der Waals surface area contributed by atoms with E-state index in [9.17, 15) is 19.2 Å². The zero-order valence-corrected chi connectivity index (χ0v) is 16.1. The zero-order valence-electron chi connectivity index (χ0n) is 16.1. The predicted octanol–water partition coefficient (Wildman–Crippen LogP) is 3.17. The van der Waals surface area contributed by atoms with Gasteiger partial charge in [0, 0.05) is 11.3 Å². The molecular formula is C23H20N2O5. The number of hydrogen-bond acceptors (Lipinski definition) is 4. The molecule has 2 N–H and O–H groups in total. The molecule has 2 aliphatic carbocycles. The second-order valence-corrected chi connectivity index (χ2v) is 8.29. The monoisotopic (exact) mass is 404 g/mol. The second-order valence-electron chi connectivity index (χ2n) is 8.29. The van der Waals surface area contributed by atoms with Crippen LogP contribution in [0, 0.1) is 23.7 Å². The molecule has 4 atom stereocenters. The highest BCUT2D eigenvalue weighted by atomic mass is 16.4. The van der Waals surface area contributed by atoms with Crippen LogP contribution in [-0.2, 0) is 9.59 Å². The molecule has 0 aromatic heterocycles. The van der Waals surface area contributed by atoms with Gasteiger partial charge in [0.15, 0.2) is 0 Å². The van der Waals surface area contributed by atoms with Gasteiger partial charge in [0.25, 0.3) is 5.91 Å². The van der Waals surface area contributed by atoms with Crippen LogP contribution in [0.5, 0.6) is 0 Å². The van der Waals surface area contributed by atoms with E-state index in [0.29, 0.717) is 23.2 Å². The maximum absolute atomic E-state index is 13.0. The van der Waals surface area contributed by atoms with Gasteiger partial charge in [0.1, 0.15) is 0 Å². The molecule has 0 radical (unpaired) electrons. The number of carboxylic acids is 1. The lowest BCUT2D eigenvalue weighted by atomic mass is 9.81. The molecule has 3 amide bonds. The Morgan fingerprint density at radius 3 is 2.20 bits per heavy atom. The normalized spacial score (nSPS) is 26.7. The number of carbonyl (C=O) groups excluding carboxylic acids is 3. The van der Waals surface area contributed by atoms with E-state index >= 15 is 0 Å². The van der Waals surface area contributed by atoms with Gasteiger partial charge in [0.2, 0.25) is 11.8 Å². The summed E-state index contributed by atoms with van der Waals surface area (Å²) in [5.41, 5.74) is 1.11. The largest absolute Gasteiger partial charge is 0.478 e. The van der Waals surface area contributed by atoms with Crippen LogP contribution in [0.3, 0.4) is 0 Å². The fourth-order valence-electron chi connectivity index (χ4n) is 5.38. The summed E-state index contributed by atoms with van der Waals surface area (Å²) in [5.74, 6) is -1.66. The van der Waals surface area contributed by atoms with Gasteiger partial charge in [-0.2, -0.15) is 0 Å². The third-order valence-corrected chi connectivity index (χ3v) is 6.66. The number of anilines is 2. The molecule has 7 nitrogen and oxygen atoms in total. The lowest BCUT2D eigenvalue weighted by Gasteiger charge is -2.19. The summed E-state index contributed by atoms with van der Waals surface area (Å²) in [6, 6.07) is 12.4. The third kappa shape index (κ3) is 2.81. The number of benzene rings is 2. The molecule has 1 heterocycles. The molecule has 30 heavy (non-hydrogen) atoms. The number of carbonyl (C=O) groups is 4. The topological polar surface area (TPSA) is 104 Å². The van der Waals surface area contributed by atoms with Crippen LogP contribution in [0.1, 0.15) is 40.0 Å². The average Bonchev–Trinajstić information content (AvgIpc) is 3.42. The Morgan fingerprint density at radius 2 is 1.53 bits per heavy atom. The first kappa shape index (κ1) is 18.5. The van der Waals surface area contributed by atoms with Crippen molar-refractivity contribution in [3.8, 4) is 0 Å². The molecule has 3 fully saturated rings. The highest BCUT2D eigenvalue weighted by Gasteiger charge is 2.61. The summed E-state index contributed by atoms with van der Waals surface area (Å²) in [7, 11) is 0. The van der Waals surface area contributed by atoms with Crippen molar-refractivity contribution >= 4 is 35.1 Å². The maximum Gasteiger partial charge on any atom is 0.335 e. The smallest absolute Gasteiger partial charge is 0.335 e. The van der Waals surface area contributed by atoms with Gasteiger partial charge in [-0.25, -0.2) is 4.79 Å². The van der Waals surface area contributed by atoms with Crippen LogP contribution in [0.4, 0.5) is 11.4 Å². The fourth-order valence-corrected chi connectivity index (χ4v) is 5.38. The number of rotatable bonds is 4. The van der Waals surface area contributed by atoms with Gasteiger partial charge in [-0.05, 0) is 67.5 Å². The van der Waals surface area contributed by atoms with Crippen LogP contribution in [0.25, 0.3) is 0 Å². The molecule has 7 heteroatoms. The molecule has 1 aliphatic heterocycles. The Morgan fingerprint density at radius 1 is 0.900 bits per heavy atom. The van der Waals surface area contributed by atoms with E-state index < -0.39 is 11.9 Å². The minimum absolute atomic E-state index is 0.0657. The van der Waals surface area contributed by atoms with Crippen molar-refractivity contribution in [2.75, 3.05) is 10.2 Å². The van der Waals surface area contributed by atoms with Crippen LogP contribution >= 0.6 is 0 Å². The quantitative estimate of drug-likeness (QED) is 0.762.